The van der Waals surface area contributed by atoms with Gasteiger partial charge in [0.05, 0.1) is 6.04 Å². The van der Waals surface area contributed by atoms with Crippen molar-refractivity contribution in [3.8, 4) is 0 Å². The van der Waals surface area contributed by atoms with Gasteiger partial charge < -0.3 is 5.73 Å². The van der Waals surface area contributed by atoms with Crippen LogP contribution in [0.3, 0.4) is 0 Å². The molecule has 48 valence electrons. The van der Waals surface area contributed by atoms with Gasteiger partial charge in [0.15, 0.2) is 0 Å². The van der Waals surface area contributed by atoms with E-state index in [0.717, 1.165) is 12.8 Å². The second-order valence-corrected chi connectivity index (χ2v) is 2.21. The molecule has 0 aromatic carbocycles. The first-order chi connectivity index (χ1) is 4.38. The molecule has 5 heteroatoms. The Labute approximate surface area is 51.8 Å². The molecule has 1 fully saturated rings. The van der Waals surface area contributed by atoms with Gasteiger partial charge in [-0.25, -0.2) is 4.68 Å². The van der Waals surface area contributed by atoms with E-state index in [-0.39, 0.29) is 0 Å². The quantitative estimate of drug-likeness (QED) is 0.554. The fourth-order valence-corrected chi connectivity index (χ4v) is 0.780. The van der Waals surface area contributed by atoms with Gasteiger partial charge in [-0.2, -0.15) is 0 Å². The summed E-state index contributed by atoms with van der Waals surface area (Å²) in [6.07, 6.45) is 2.32. The van der Waals surface area contributed by atoms with Crippen molar-refractivity contribution in [2.24, 2.45) is 0 Å². The van der Waals surface area contributed by atoms with Gasteiger partial charge in [0.1, 0.15) is 0 Å². The van der Waals surface area contributed by atoms with Crippen LogP contribution in [0.1, 0.15) is 18.9 Å². The van der Waals surface area contributed by atoms with Crippen molar-refractivity contribution >= 4 is 5.95 Å². The van der Waals surface area contributed by atoms with Gasteiger partial charge in [-0.15, -0.1) is 0 Å². The first-order valence-corrected chi connectivity index (χ1v) is 2.91. The van der Waals surface area contributed by atoms with E-state index in [4.69, 9.17) is 5.73 Å². The van der Waals surface area contributed by atoms with E-state index < -0.39 is 0 Å². The third kappa shape index (κ3) is 0.647. The zero-order valence-corrected chi connectivity index (χ0v) is 4.86. The van der Waals surface area contributed by atoms with Gasteiger partial charge in [0.25, 0.3) is 0 Å². The number of hydrogen-bond acceptors (Lipinski definition) is 4. The molecule has 2 rings (SSSR count). The summed E-state index contributed by atoms with van der Waals surface area (Å²) < 4.78 is 1.67. The predicted octanol–water partition coefficient (Wildman–Crippen LogP) is -0.410. The molecule has 0 atom stereocenters. The van der Waals surface area contributed by atoms with Crippen LogP contribution in [-0.4, -0.2) is 20.2 Å². The van der Waals surface area contributed by atoms with Crippen LogP contribution in [0.25, 0.3) is 0 Å². The minimum absolute atomic E-state index is 0.428. The lowest BCUT2D eigenvalue weighted by atomic mass is 10.7. The summed E-state index contributed by atoms with van der Waals surface area (Å²) in [5.74, 6) is 0.428. The Kier molecular flexibility index (Phi) is 0.750. The van der Waals surface area contributed by atoms with Gasteiger partial charge in [-0.3, -0.25) is 0 Å². The van der Waals surface area contributed by atoms with Crippen molar-refractivity contribution < 1.29 is 0 Å². The Morgan fingerprint density at radius 3 is 2.78 bits per heavy atom. The van der Waals surface area contributed by atoms with E-state index in [0.29, 0.717) is 12.0 Å². The van der Waals surface area contributed by atoms with Gasteiger partial charge in [0.2, 0.25) is 5.95 Å². The number of tetrazole rings is 1. The van der Waals surface area contributed by atoms with E-state index in [1.54, 1.807) is 4.68 Å². The summed E-state index contributed by atoms with van der Waals surface area (Å²) in [7, 11) is 0. The van der Waals surface area contributed by atoms with Gasteiger partial charge >= 0.3 is 0 Å². The fraction of sp³-hybridized carbons (Fsp3) is 0.750. The largest absolute Gasteiger partial charge is 0.367 e. The number of nitrogen functional groups attached to an aromatic ring is 1. The minimum atomic E-state index is 0.428. The third-order valence-corrected chi connectivity index (χ3v) is 1.41. The second kappa shape index (κ2) is 1.43. The first-order valence-electron chi connectivity index (χ1n) is 2.91. The molecule has 0 saturated heterocycles. The lowest BCUT2D eigenvalue weighted by Gasteiger charge is -1.92. The molecule has 0 spiro atoms. The number of nitrogens with two attached hydrogens (primary N) is 1. The number of anilines is 1. The van der Waals surface area contributed by atoms with Gasteiger partial charge in [0, 0.05) is 0 Å². The highest BCUT2D eigenvalue weighted by Crippen LogP contribution is 2.34. The van der Waals surface area contributed by atoms with Crippen molar-refractivity contribution in [3.63, 3.8) is 0 Å². The Morgan fingerprint density at radius 1 is 1.56 bits per heavy atom. The highest BCUT2D eigenvalue weighted by molar-refractivity contribution is 5.12. The Balaban J connectivity index is 2.35. The number of nitrogens with zero attached hydrogens (tertiary/aromatic N) is 4. The van der Waals surface area contributed by atoms with Crippen molar-refractivity contribution in [3.05, 3.63) is 0 Å². The molecule has 0 aliphatic heterocycles. The first kappa shape index (κ1) is 4.72. The van der Waals surface area contributed by atoms with Gasteiger partial charge in [-0.1, -0.05) is 5.10 Å². The summed E-state index contributed by atoms with van der Waals surface area (Å²) in [5, 5.41) is 10.7. The fourth-order valence-electron chi connectivity index (χ4n) is 0.780. The maximum atomic E-state index is 5.41. The Hall–Kier alpha value is -1.13. The van der Waals surface area contributed by atoms with Crippen molar-refractivity contribution in [2.45, 2.75) is 18.9 Å². The van der Waals surface area contributed by atoms with E-state index in [1.165, 1.54) is 0 Å². The van der Waals surface area contributed by atoms with E-state index in [2.05, 4.69) is 15.5 Å². The van der Waals surface area contributed by atoms with E-state index >= 15 is 0 Å². The maximum absolute atomic E-state index is 5.41. The van der Waals surface area contributed by atoms with Crippen LogP contribution in [0.15, 0.2) is 0 Å². The molecule has 1 aliphatic rings. The molecule has 1 heterocycles. The summed E-state index contributed by atoms with van der Waals surface area (Å²) in [5.41, 5.74) is 5.41. The molecular formula is C4H7N5. The van der Waals surface area contributed by atoms with Crippen molar-refractivity contribution in [2.75, 3.05) is 5.73 Å². The smallest absolute Gasteiger partial charge is 0.240 e. The van der Waals surface area contributed by atoms with E-state index in [1.807, 2.05) is 0 Å². The lowest BCUT2D eigenvalue weighted by Crippen LogP contribution is -2.02. The molecule has 0 bridgehead atoms. The average Bonchev–Trinajstić information content (AvgIpc) is 2.58. The zero-order valence-electron chi connectivity index (χ0n) is 4.86. The topological polar surface area (TPSA) is 69.6 Å². The van der Waals surface area contributed by atoms with Crippen LogP contribution in [0, 0.1) is 0 Å². The summed E-state index contributed by atoms with van der Waals surface area (Å²) in [6, 6.07) is 0.486. The average molecular weight is 125 g/mol. The summed E-state index contributed by atoms with van der Waals surface area (Å²) >= 11 is 0. The molecule has 1 aromatic rings. The highest BCUT2D eigenvalue weighted by atomic mass is 15.6. The van der Waals surface area contributed by atoms with Crippen LogP contribution >= 0.6 is 0 Å². The predicted molar refractivity (Wildman–Crippen MR) is 30.5 cm³/mol. The standard InChI is InChI=1S/C4H7N5/c5-4-6-7-8-9(4)3-1-2-3/h3H,1-2H2,(H2,5,6,8). The molecule has 9 heavy (non-hydrogen) atoms. The monoisotopic (exact) mass is 125 g/mol. The van der Waals surface area contributed by atoms with Crippen molar-refractivity contribution in [1.29, 1.82) is 0 Å². The van der Waals surface area contributed by atoms with Crippen LogP contribution in [0.4, 0.5) is 5.95 Å². The molecule has 0 unspecified atom stereocenters. The normalized spacial score (nSPS) is 18.2. The number of rotatable bonds is 1. The molecule has 5 nitrogen and oxygen atoms in total. The SMILES string of the molecule is Nc1nnnn1C1CC1. The zero-order chi connectivity index (χ0) is 6.27. The summed E-state index contributed by atoms with van der Waals surface area (Å²) in [4.78, 5) is 0. The maximum Gasteiger partial charge on any atom is 0.240 e. The van der Waals surface area contributed by atoms with Crippen molar-refractivity contribution in [1.82, 2.24) is 20.2 Å². The van der Waals surface area contributed by atoms with E-state index in [9.17, 15) is 0 Å². The van der Waals surface area contributed by atoms with Crippen LogP contribution in [0.2, 0.25) is 0 Å². The lowest BCUT2D eigenvalue weighted by molar-refractivity contribution is 0.617. The van der Waals surface area contributed by atoms with Crippen LogP contribution < -0.4 is 5.73 Å². The summed E-state index contributed by atoms with van der Waals surface area (Å²) in [6.45, 7) is 0. The molecule has 1 saturated carbocycles. The highest BCUT2D eigenvalue weighted by Gasteiger charge is 2.26. The Morgan fingerprint density at radius 2 is 2.33 bits per heavy atom. The minimum Gasteiger partial charge on any atom is -0.367 e. The molecule has 1 aromatic heterocycles. The molecule has 0 amide bonds. The van der Waals surface area contributed by atoms with Crippen LogP contribution in [-0.2, 0) is 0 Å². The molecule has 2 N–H and O–H groups in total. The van der Waals surface area contributed by atoms with Gasteiger partial charge in [-0.05, 0) is 23.3 Å². The molecule has 0 radical (unpaired) electrons. The molecule has 1 aliphatic carbocycles. The van der Waals surface area contributed by atoms with Crippen LogP contribution in [0.5, 0.6) is 0 Å². The molecular weight excluding hydrogens is 118 g/mol. The number of hydrogen-bond donors (Lipinski definition) is 1. The second-order valence-electron chi connectivity index (χ2n) is 2.21. The third-order valence-electron chi connectivity index (χ3n) is 1.41. The number of aromatic nitrogens is 4. The Bertz CT molecular complexity index is 212.